The van der Waals surface area contributed by atoms with Gasteiger partial charge in [-0.25, -0.2) is 4.79 Å². The number of anilines is 2. The molecule has 2 amide bonds. The Morgan fingerprint density at radius 1 is 0.977 bits per heavy atom. The number of nitrogens with one attached hydrogen (secondary N) is 1. The fraction of sp³-hybridized carbons (Fsp3) is 0.333. The number of carbonyl (C=O) groups is 3. The first-order valence-corrected chi connectivity index (χ1v) is 14.7. The van der Waals surface area contributed by atoms with Crippen LogP contribution in [0.4, 0.5) is 17.1 Å². The summed E-state index contributed by atoms with van der Waals surface area (Å²) in [5.41, 5.74) is 4.17. The lowest BCUT2D eigenvalue weighted by Crippen LogP contribution is -2.48. The largest absolute Gasteiger partial charge is 0.462 e. The monoisotopic (exact) mass is 597 g/mol. The number of amides is 2. The van der Waals surface area contributed by atoms with Gasteiger partial charge in [0, 0.05) is 50.2 Å². The molecule has 3 aromatic rings. The predicted octanol–water partition coefficient (Wildman–Crippen LogP) is 3.66. The number of nitrogens with zero attached hydrogens (tertiary/aromatic N) is 4. The first-order chi connectivity index (χ1) is 21.3. The molecule has 44 heavy (non-hydrogen) atoms. The van der Waals surface area contributed by atoms with Crippen molar-refractivity contribution in [3.05, 3.63) is 77.4 Å². The maximum atomic E-state index is 13.5. The van der Waals surface area contributed by atoms with Gasteiger partial charge in [-0.15, -0.1) is 0 Å². The molecule has 1 fully saturated rings. The van der Waals surface area contributed by atoms with Crippen LogP contribution in [0.3, 0.4) is 0 Å². The Balaban J connectivity index is 1.29. The highest BCUT2D eigenvalue weighted by Gasteiger charge is 2.36. The molecule has 3 aromatic carbocycles. The van der Waals surface area contributed by atoms with Gasteiger partial charge in [0.25, 0.3) is 0 Å². The first-order valence-electron chi connectivity index (χ1n) is 14.7. The van der Waals surface area contributed by atoms with Crippen molar-refractivity contribution in [2.45, 2.75) is 12.8 Å². The lowest BCUT2D eigenvalue weighted by atomic mass is 9.90. The van der Waals surface area contributed by atoms with Gasteiger partial charge in [0.2, 0.25) is 18.6 Å². The molecule has 0 radical (unpaired) electrons. The molecule has 228 valence electrons. The smallest absolute Gasteiger partial charge is 0.338 e. The number of esters is 1. The van der Waals surface area contributed by atoms with Crippen molar-refractivity contribution in [1.29, 1.82) is 0 Å². The van der Waals surface area contributed by atoms with Gasteiger partial charge < -0.3 is 29.3 Å². The van der Waals surface area contributed by atoms with Crippen LogP contribution in [0.2, 0.25) is 0 Å². The quantitative estimate of drug-likeness (QED) is 0.309. The minimum Gasteiger partial charge on any atom is -0.462 e. The highest BCUT2D eigenvalue weighted by atomic mass is 16.7. The summed E-state index contributed by atoms with van der Waals surface area (Å²) < 4.78 is 16.2. The van der Waals surface area contributed by atoms with Gasteiger partial charge in [-0.3, -0.25) is 19.5 Å². The van der Waals surface area contributed by atoms with Crippen LogP contribution < -0.4 is 19.7 Å². The highest BCUT2D eigenvalue weighted by Crippen LogP contribution is 2.40. The standard InChI is InChI=1S/C33H35N5O6/c1-4-42-33(41)22-5-11-25-26(17-22)35-32(40)30(25)31(21-6-12-27-28(18-21)44-20-43-27)34-23-7-9-24(10-8-23)37(3)29(39)19-38-15-13-36(2)14-16-38/h5-12,17-18,30H,4,13-16,19-20H2,1-3H3,(H,35,40). The van der Waals surface area contributed by atoms with Crippen LogP contribution in [0.15, 0.2) is 65.7 Å². The van der Waals surface area contributed by atoms with Crippen molar-refractivity contribution in [2.24, 2.45) is 4.99 Å². The van der Waals surface area contributed by atoms with Crippen LogP contribution in [-0.4, -0.2) is 93.5 Å². The number of benzene rings is 3. The van der Waals surface area contributed by atoms with E-state index in [4.69, 9.17) is 19.2 Å². The average molecular weight is 598 g/mol. The summed E-state index contributed by atoms with van der Waals surface area (Å²) >= 11 is 0. The van der Waals surface area contributed by atoms with E-state index in [1.54, 1.807) is 43.1 Å². The predicted molar refractivity (Wildman–Crippen MR) is 166 cm³/mol. The number of piperazine rings is 1. The summed E-state index contributed by atoms with van der Waals surface area (Å²) in [6.45, 7) is 6.13. The van der Waals surface area contributed by atoms with Crippen LogP contribution in [-0.2, 0) is 14.3 Å². The number of aliphatic imine (C=N–C) groups is 1. The Hall–Kier alpha value is -4.74. The van der Waals surface area contributed by atoms with Crippen LogP contribution in [0, 0.1) is 0 Å². The Morgan fingerprint density at radius 3 is 2.45 bits per heavy atom. The minimum absolute atomic E-state index is 0.0216. The van der Waals surface area contributed by atoms with Crippen LogP contribution in [0.5, 0.6) is 11.5 Å². The molecule has 1 N–H and O–H groups in total. The minimum atomic E-state index is -0.742. The third-order valence-electron chi connectivity index (χ3n) is 8.15. The van der Waals surface area contributed by atoms with Crippen LogP contribution in [0.1, 0.15) is 34.3 Å². The van der Waals surface area contributed by atoms with Crippen molar-refractivity contribution in [2.75, 3.05) is 70.4 Å². The maximum absolute atomic E-state index is 13.5. The van der Waals surface area contributed by atoms with E-state index in [2.05, 4.69) is 22.2 Å². The summed E-state index contributed by atoms with van der Waals surface area (Å²) in [5, 5.41) is 2.91. The number of likely N-dealkylation sites (N-methyl/N-ethyl adjacent to an activating group) is 2. The van der Waals surface area contributed by atoms with Gasteiger partial charge in [-0.2, -0.15) is 0 Å². The zero-order valence-electron chi connectivity index (χ0n) is 25.0. The number of fused-ring (bicyclic) bond motifs is 2. The number of ether oxygens (including phenoxy) is 3. The van der Waals surface area contributed by atoms with E-state index in [1.165, 1.54) is 0 Å². The summed E-state index contributed by atoms with van der Waals surface area (Å²) in [7, 11) is 3.87. The van der Waals surface area contributed by atoms with Crippen molar-refractivity contribution >= 4 is 40.6 Å². The Labute approximate surface area is 256 Å². The van der Waals surface area contributed by atoms with E-state index < -0.39 is 11.9 Å². The molecule has 6 rings (SSSR count). The van der Waals surface area contributed by atoms with Crippen LogP contribution >= 0.6 is 0 Å². The molecule has 0 aliphatic carbocycles. The third kappa shape index (κ3) is 6.01. The highest BCUT2D eigenvalue weighted by molar-refractivity contribution is 6.24. The third-order valence-corrected chi connectivity index (χ3v) is 8.15. The van der Waals surface area contributed by atoms with E-state index in [1.807, 2.05) is 36.4 Å². The Bertz CT molecular complexity index is 1610. The molecule has 0 spiro atoms. The van der Waals surface area contributed by atoms with E-state index in [-0.39, 0.29) is 25.2 Å². The summed E-state index contributed by atoms with van der Waals surface area (Å²) in [5.74, 6) is -0.241. The van der Waals surface area contributed by atoms with E-state index >= 15 is 0 Å². The molecule has 0 bridgehead atoms. The SMILES string of the molecule is CCOC(=O)c1ccc2c(c1)NC(=O)C2C(=Nc1ccc(N(C)C(=O)CN2CCN(C)CC2)cc1)c1ccc2c(c1)OCO2. The molecule has 11 nitrogen and oxygen atoms in total. The number of rotatable bonds is 8. The normalized spacial score (nSPS) is 18.1. The van der Waals surface area contributed by atoms with E-state index in [0.29, 0.717) is 51.8 Å². The topological polar surface area (TPSA) is 113 Å². The number of hydrogen-bond acceptors (Lipinski definition) is 9. The summed E-state index contributed by atoms with van der Waals surface area (Å²) in [6, 6.07) is 17.9. The number of hydrogen-bond donors (Lipinski definition) is 1. The second kappa shape index (κ2) is 12.5. The second-order valence-corrected chi connectivity index (χ2v) is 11.1. The zero-order valence-corrected chi connectivity index (χ0v) is 25.0. The van der Waals surface area contributed by atoms with E-state index in [0.717, 1.165) is 31.9 Å². The maximum Gasteiger partial charge on any atom is 0.338 e. The first kappa shape index (κ1) is 29.3. The molecular weight excluding hydrogens is 562 g/mol. The fourth-order valence-corrected chi connectivity index (χ4v) is 5.56. The van der Waals surface area contributed by atoms with Crippen molar-refractivity contribution in [3.8, 4) is 11.5 Å². The lowest BCUT2D eigenvalue weighted by molar-refractivity contribution is -0.120. The average Bonchev–Trinajstić information content (AvgIpc) is 3.63. The van der Waals surface area contributed by atoms with Gasteiger partial charge in [-0.1, -0.05) is 6.07 Å². The molecular formula is C33H35N5O6. The van der Waals surface area contributed by atoms with E-state index in [9.17, 15) is 14.4 Å². The lowest BCUT2D eigenvalue weighted by Gasteiger charge is -2.32. The van der Waals surface area contributed by atoms with Crippen molar-refractivity contribution in [3.63, 3.8) is 0 Å². The zero-order chi connectivity index (χ0) is 30.8. The second-order valence-electron chi connectivity index (χ2n) is 11.1. The molecule has 3 heterocycles. The molecule has 0 aromatic heterocycles. The summed E-state index contributed by atoms with van der Waals surface area (Å²) in [6.07, 6.45) is 0. The Morgan fingerprint density at radius 2 is 1.70 bits per heavy atom. The molecule has 1 saturated heterocycles. The van der Waals surface area contributed by atoms with Gasteiger partial charge in [0.05, 0.1) is 30.1 Å². The van der Waals surface area contributed by atoms with Gasteiger partial charge in [0.15, 0.2) is 11.5 Å². The van der Waals surface area contributed by atoms with Crippen molar-refractivity contribution < 1.29 is 28.6 Å². The number of carbonyl (C=O) groups excluding carboxylic acids is 3. The van der Waals surface area contributed by atoms with Gasteiger partial charge in [-0.05, 0) is 74.1 Å². The Kier molecular flexibility index (Phi) is 8.32. The van der Waals surface area contributed by atoms with Crippen molar-refractivity contribution in [1.82, 2.24) is 9.80 Å². The van der Waals surface area contributed by atoms with Gasteiger partial charge in [0.1, 0.15) is 5.92 Å². The fourth-order valence-electron chi connectivity index (χ4n) is 5.56. The van der Waals surface area contributed by atoms with Crippen LogP contribution in [0.25, 0.3) is 0 Å². The molecule has 3 aliphatic heterocycles. The molecule has 1 unspecified atom stereocenters. The molecule has 0 saturated carbocycles. The molecule has 11 heteroatoms. The summed E-state index contributed by atoms with van der Waals surface area (Å²) in [4.78, 5) is 49.9. The molecule has 1 atom stereocenters. The van der Waals surface area contributed by atoms with Gasteiger partial charge >= 0.3 is 5.97 Å². The molecule has 3 aliphatic rings.